The molecule has 0 bridgehead atoms. The second-order valence-electron chi connectivity index (χ2n) is 0.535. The van der Waals surface area contributed by atoms with E-state index in [-0.39, 0.29) is 13.3 Å². The van der Waals surface area contributed by atoms with E-state index in [0.717, 1.165) is 0 Å². The van der Waals surface area contributed by atoms with Crippen molar-refractivity contribution in [2.24, 2.45) is 0 Å². The van der Waals surface area contributed by atoms with Gasteiger partial charge in [-0.15, -0.1) is 0 Å². The molecule has 0 saturated heterocycles. The molecule has 0 aromatic heterocycles. The maximum absolute atomic E-state index is 10.3. The van der Waals surface area contributed by atoms with Crippen molar-refractivity contribution in [3.63, 3.8) is 0 Å². The van der Waals surface area contributed by atoms with Crippen LogP contribution in [0.5, 0.6) is 0 Å². The van der Waals surface area contributed by atoms with Crippen LogP contribution in [-0.4, -0.2) is 20.5 Å². The third kappa shape index (κ3) is 3010. The van der Waals surface area contributed by atoms with Gasteiger partial charge in [0.1, 0.15) is 0 Å². The molecule has 54 valence electrons. The van der Waals surface area contributed by atoms with Crippen LogP contribution in [0.2, 0.25) is 0 Å². The second kappa shape index (κ2) is 71.0. The lowest BCUT2D eigenvalue weighted by Crippen LogP contribution is -1.40. The maximum Gasteiger partial charge on any atom is 0.0866 e. The van der Waals surface area contributed by atoms with Gasteiger partial charge in [0, 0.05) is 0 Å². The molecule has 0 radical (unpaired) electrons. The summed E-state index contributed by atoms with van der Waals surface area (Å²) in [6.07, 6.45) is 0. The van der Waals surface area contributed by atoms with Crippen molar-refractivity contribution in [2.75, 3.05) is 20.5 Å². The van der Waals surface area contributed by atoms with E-state index in [0.29, 0.717) is 7.18 Å². The first kappa shape index (κ1) is 15.7. The van der Waals surface area contributed by atoms with Gasteiger partial charge in [-0.3, -0.25) is 13.2 Å². The average molecular weight is 130 g/mol. The lowest BCUT2D eigenvalue weighted by Gasteiger charge is -1.45. The Balaban J connectivity index is -0.0000000483. The standard InChI is InChI=1S/2C2H5F.CH3F/c2*1-2-3;1-2/h2*2H2,1H3;1H3. The first-order valence-corrected chi connectivity index (χ1v) is 2.33. The summed E-state index contributed by atoms with van der Waals surface area (Å²) in [5, 5.41) is 0. The molecule has 0 aliphatic rings. The largest absolute Gasteiger partial charge is 0.255 e. The summed E-state index contributed by atoms with van der Waals surface area (Å²) in [7, 11) is 0.500. The number of alkyl halides is 3. The quantitative estimate of drug-likeness (QED) is 0.472. The van der Waals surface area contributed by atoms with E-state index in [1.165, 1.54) is 13.8 Å². The molecule has 0 N–H and O–H groups in total. The lowest BCUT2D eigenvalue weighted by atomic mass is 10.9. The Morgan fingerprint density at radius 3 is 0.875 bits per heavy atom. The van der Waals surface area contributed by atoms with Gasteiger partial charge in [-0.05, 0) is 13.8 Å². The van der Waals surface area contributed by atoms with Gasteiger partial charge in [-0.1, -0.05) is 0 Å². The van der Waals surface area contributed by atoms with Crippen molar-refractivity contribution in [3.05, 3.63) is 0 Å². The third-order valence-electron chi connectivity index (χ3n) is 0. The highest BCUT2D eigenvalue weighted by Crippen LogP contribution is 1.49. The molecule has 0 nitrogen and oxygen atoms in total. The number of hydrogen-bond donors (Lipinski definition) is 0. The van der Waals surface area contributed by atoms with Gasteiger partial charge in [-0.2, -0.15) is 0 Å². The topological polar surface area (TPSA) is 0 Å². The monoisotopic (exact) mass is 130 g/mol. The number of hydrogen-bond acceptors (Lipinski definition) is 0. The van der Waals surface area contributed by atoms with Crippen molar-refractivity contribution >= 4 is 0 Å². The Hall–Kier alpha value is -0.210. The van der Waals surface area contributed by atoms with Gasteiger partial charge in [0.15, 0.2) is 0 Å². The van der Waals surface area contributed by atoms with E-state index < -0.39 is 0 Å². The van der Waals surface area contributed by atoms with E-state index in [2.05, 4.69) is 0 Å². The molecule has 0 rings (SSSR count). The third-order valence-corrected chi connectivity index (χ3v) is 0. The van der Waals surface area contributed by atoms with E-state index in [1.807, 2.05) is 0 Å². The minimum absolute atomic E-state index is 0.250. The molecule has 0 atom stereocenters. The van der Waals surface area contributed by atoms with Crippen LogP contribution in [0, 0.1) is 0 Å². The zero-order valence-corrected chi connectivity index (χ0v) is 5.55. The molecule has 8 heavy (non-hydrogen) atoms. The molecule has 0 spiro atoms. The highest BCUT2D eigenvalue weighted by atomic mass is 19.1. The lowest BCUT2D eigenvalue weighted by molar-refractivity contribution is 0.527. The van der Waals surface area contributed by atoms with Crippen LogP contribution in [-0.2, 0) is 0 Å². The first-order chi connectivity index (χ1) is 3.83. The summed E-state index contributed by atoms with van der Waals surface area (Å²) >= 11 is 0. The molecular weight excluding hydrogens is 117 g/mol. The van der Waals surface area contributed by atoms with Crippen LogP contribution in [0.4, 0.5) is 13.2 Å². The molecule has 0 aromatic rings. The van der Waals surface area contributed by atoms with E-state index in [9.17, 15) is 13.2 Å². The SMILES string of the molecule is CCF.CCF.CF. The van der Waals surface area contributed by atoms with Crippen LogP contribution in [0.1, 0.15) is 13.8 Å². The van der Waals surface area contributed by atoms with Crippen molar-refractivity contribution in [2.45, 2.75) is 13.8 Å². The van der Waals surface area contributed by atoms with Crippen molar-refractivity contribution in [1.82, 2.24) is 0 Å². The maximum atomic E-state index is 10.3. The molecule has 0 aromatic carbocycles. The van der Waals surface area contributed by atoms with E-state index in [4.69, 9.17) is 0 Å². The van der Waals surface area contributed by atoms with Crippen molar-refractivity contribution < 1.29 is 13.2 Å². The van der Waals surface area contributed by atoms with Crippen molar-refractivity contribution in [1.29, 1.82) is 0 Å². The fourth-order valence-electron chi connectivity index (χ4n) is 0. The Bertz CT molecular complexity index is 9.64. The average Bonchev–Trinajstić information content (AvgIpc) is 1.75. The summed E-state index contributed by atoms with van der Waals surface area (Å²) in [4.78, 5) is 0. The predicted molar refractivity (Wildman–Crippen MR) is 30.3 cm³/mol. The fourth-order valence-corrected chi connectivity index (χ4v) is 0. The minimum atomic E-state index is -0.250. The molecule has 3 heteroatoms. The summed E-state index contributed by atoms with van der Waals surface area (Å²) < 4.78 is 30.1. The zero-order valence-electron chi connectivity index (χ0n) is 5.55. The molecule has 0 heterocycles. The molecule has 0 aliphatic heterocycles. The summed E-state index contributed by atoms with van der Waals surface area (Å²) in [5.41, 5.74) is 0. The minimum Gasteiger partial charge on any atom is -0.255 e. The van der Waals surface area contributed by atoms with Crippen LogP contribution in [0.3, 0.4) is 0 Å². The van der Waals surface area contributed by atoms with Crippen LogP contribution < -0.4 is 0 Å². The molecule has 0 unspecified atom stereocenters. The van der Waals surface area contributed by atoms with Crippen molar-refractivity contribution in [3.8, 4) is 0 Å². The van der Waals surface area contributed by atoms with Gasteiger partial charge in [-0.25, -0.2) is 0 Å². The first-order valence-electron chi connectivity index (χ1n) is 2.33. The normalized spacial score (nSPS) is 5.25. The number of rotatable bonds is 0. The predicted octanol–water partition coefficient (Wildman–Crippen LogP) is 2.54. The van der Waals surface area contributed by atoms with Crippen LogP contribution in [0.25, 0.3) is 0 Å². The van der Waals surface area contributed by atoms with E-state index >= 15 is 0 Å². The summed E-state index contributed by atoms with van der Waals surface area (Å²) in [5.74, 6) is 0. The van der Waals surface area contributed by atoms with Gasteiger partial charge >= 0.3 is 0 Å². The van der Waals surface area contributed by atoms with Gasteiger partial charge in [0.05, 0.1) is 20.5 Å². The Morgan fingerprint density at radius 2 is 0.875 bits per heavy atom. The molecule has 0 fully saturated rings. The van der Waals surface area contributed by atoms with Crippen LogP contribution >= 0.6 is 0 Å². The molecule has 0 amide bonds. The summed E-state index contributed by atoms with van der Waals surface area (Å²) in [6.45, 7) is 2.42. The van der Waals surface area contributed by atoms with Gasteiger partial charge in [0.2, 0.25) is 0 Å². The Morgan fingerprint density at radius 1 is 0.875 bits per heavy atom. The number of halogens is 3. The highest BCUT2D eigenvalue weighted by molar-refractivity contribution is 3.86. The molecular formula is C5H13F3. The smallest absolute Gasteiger partial charge is 0.0866 e. The second-order valence-corrected chi connectivity index (χ2v) is 0.535. The van der Waals surface area contributed by atoms with Crippen LogP contribution in [0.15, 0.2) is 0 Å². The van der Waals surface area contributed by atoms with Gasteiger partial charge < -0.3 is 0 Å². The zero-order chi connectivity index (χ0) is 7.41. The molecule has 0 saturated carbocycles. The summed E-state index contributed by atoms with van der Waals surface area (Å²) in [6, 6.07) is 0. The van der Waals surface area contributed by atoms with Gasteiger partial charge in [0.25, 0.3) is 0 Å². The Kier molecular flexibility index (Phi) is 139. The Labute approximate surface area is 48.7 Å². The fraction of sp³-hybridized carbons (Fsp3) is 1.00. The molecule has 0 aliphatic carbocycles. The highest BCUT2D eigenvalue weighted by Gasteiger charge is 1.40. The van der Waals surface area contributed by atoms with E-state index in [1.54, 1.807) is 0 Å².